The molecule has 2 aromatic carbocycles. The van der Waals surface area contributed by atoms with Crippen molar-refractivity contribution >= 4 is 20.6 Å². The van der Waals surface area contributed by atoms with E-state index in [-0.39, 0.29) is 0 Å². The molecule has 2 rings (SSSR count). The summed E-state index contributed by atoms with van der Waals surface area (Å²) in [6.45, 7) is 0. The summed E-state index contributed by atoms with van der Waals surface area (Å²) in [5, 5.41) is 1.51. The standard InChI is InChI=1S/C12H12O3S/c1-15-11-7-3-6-10-9(11)5-4-8-12(10)16(2,13)14/h3-8H,1-2H3. The predicted molar refractivity (Wildman–Crippen MR) is 63.6 cm³/mol. The van der Waals surface area contributed by atoms with Crippen molar-refractivity contribution in [2.45, 2.75) is 4.90 Å². The van der Waals surface area contributed by atoms with E-state index in [1.165, 1.54) is 6.26 Å². The Hall–Kier alpha value is -1.55. The Labute approximate surface area is 94.6 Å². The summed E-state index contributed by atoms with van der Waals surface area (Å²) in [5.41, 5.74) is 0. The molecule has 0 aliphatic rings. The van der Waals surface area contributed by atoms with E-state index in [0.29, 0.717) is 16.0 Å². The molecule has 0 saturated heterocycles. The van der Waals surface area contributed by atoms with Crippen molar-refractivity contribution in [3.05, 3.63) is 36.4 Å². The Morgan fingerprint density at radius 2 is 1.62 bits per heavy atom. The normalized spacial score (nSPS) is 11.6. The van der Waals surface area contributed by atoms with Crippen LogP contribution in [-0.2, 0) is 9.84 Å². The van der Waals surface area contributed by atoms with Crippen LogP contribution in [0.4, 0.5) is 0 Å². The van der Waals surface area contributed by atoms with Gasteiger partial charge >= 0.3 is 0 Å². The molecule has 84 valence electrons. The van der Waals surface area contributed by atoms with E-state index in [1.54, 1.807) is 31.4 Å². The van der Waals surface area contributed by atoms with Crippen LogP contribution in [0, 0.1) is 0 Å². The first-order chi connectivity index (χ1) is 7.54. The molecule has 0 aliphatic carbocycles. The fraction of sp³-hybridized carbons (Fsp3) is 0.167. The van der Waals surface area contributed by atoms with Gasteiger partial charge in [0.2, 0.25) is 0 Å². The second-order valence-electron chi connectivity index (χ2n) is 3.58. The summed E-state index contributed by atoms with van der Waals surface area (Å²) in [6, 6.07) is 10.6. The maximum atomic E-state index is 11.6. The molecule has 0 fully saturated rings. The Balaban J connectivity index is 2.90. The van der Waals surface area contributed by atoms with Crippen LogP contribution in [0.5, 0.6) is 5.75 Å². The molecule has 2 aromatic rings. The fourth-order valence-electron chi connectivity index (χ4n) is 1.75. The lowest BCUT2D eigenvalue weighted by Crippen LogP contribution is -1.98. The molecule has 0 atom stereocenters. The minimum Gasteiger partial charge on any atom is -0.496 e. The van der Waals surface area contributed by atoms with E-state index in [4.69, 9.17) is 4.74 Å². The van der Waals surface area contributed by atoms with Crippen LogP contribution in [-0.4, -0.2) is 21.8 Å². The van der Waals surface area contributed by atoms with Crippen molar-refractivity contribution in [1.82, 2.24) is 0 Å². The van der Waals surface area contributed by atoms with E-state index in [0.717, 1.165) is 5.39 Å². The van der Waals surface area contributed by atoms with Crippen LogP contribution < -0.4 is 4.74 Å². The van der Waals surface area contributed by atoms with Gasteiger partial charge in [0.15, 0.2) is 9.84 Å². The topological polar surface area (TPSA) is 43.4 Å². The highest BCUT2D eigenvalue weighted by atomic mass is 32.2. The molecule has 0 heterocycles. The third kappa shape index (κ3) is 1.76. The summed E-state index contributed by atoms with van der Waals surface area (Å²) in [5.74, 6) is 0.683. The molecule has 0 N–H and O–H groups in total. The predicted octanol–water partition coefficient (Wildman–Crippen LogP) is 2.25. The van der Waals surface area contributed by atoms with Gasteiger partial charge in [0.25, 0.3) is 0 Å². The molecule has 0 unspecified atom stereocenters. The average molecular weight is 236 g/mol. The minimum atomic E-state index is -3.21. The van der Waals surface area contributed by atoms with Crippen molar-refractivity contribution in [3.8, 4) is 5.75 Å². The second kappa shape index (κ2) is 3.79. The Bertz CT molecular complexity index is 630. The molecule has 0 aliphatic heterocycles. The van der Waals surface area contributed by atoms with Crippen molar-refractivity contribution in [1.29, 1.82) is 0 Å². The van der Waals surface area contributed by atoms with Crippen LogP contribution in [0.15, 0.2) is 41.3 Å². The molecule has 4 heteroatoms. The van der Waals surface area contributed by atoms with E-state index < -0.39 is 9.84 Å². The molecule has 0 amide bonds. The van der Waals surface area contributed by atoms with Crippen LogP contribution in [0.1, 0.15) is 0 Å². The van der Waals surface area contributed by atoms with Gasteiger partial charge in [-0.05, 0) is 12.1 Å². The first kappa shape index (κ1) is 11.0. The summed E-state index contributed by atoms with van der Waals surface area (Å²) < 4.78 is 28.4. The second-order valence-corrected chi connectivity index (χ2v) is 5.57. The molecule has 3 nitrogen and oxygen atoms in total. The molecule has 0 radical (unpaired) electrons. The summed E-state index contributed by atoms with van der Waals surface area (Å²) >= 11 is 0. The lowest BCUT2D eigenvalue weighted by atomic mass is 10.1. The van der Waals surface area contributed by atoms with Gasteiger partial charge in [0, 0.05) is 17.0 Å². The number of rotatable bonds is 2. The Morgan fingerprint density at radius 1 is 1.00 bits per heavy atom. The zero-order valence-electron chi connectivity index (χ0n) is 9.10. The van der Waals surface area contributed by atoms with Crippen LogP contribution in [0.2, 0.25) is 0 Å². The lowest BCUT2D eigenvalue weighted by Gasteiger charge is -2.08. The third-order valence-electron chi connectivity index (χ3n) is 2.46. The molecular formula is C12H12O3S. The first-order valence-corrected chi connectivity index (χ1v) is 6.69. The minimum absolute atomic E-state index is 0.337. The van der Waals surface area contributed by atoms with Gasteiger partial charge < -0.3 is 4.74 Å². The number of hydrogen-bond acceptors (Lipinski definition) is 3. The van der Waals surface area contributed by atoms with Gasteiger partial charge in [-0.2, -0.15) is 0 Å². The lowest BCUT2D eigenvalue weighted by molar-refractivity contribution is 0.420. The average Bonchev–Trinajstić information content (AvgIpc) is 2.26. The number of methoxy groups -OCH3 is 1. The molecule has 0 aromatic heterocycles. The van der Waals surface area contributed by atoms with Gasteiger partial charge in [-0.1, -0.05) is 24.3 Å². The first-order valence-electron chi connectivity index (χ1n) is 4.80. The smallest absolute Gasteiger partial charge is 0.176 e. The maximum Gasteiger partial charge on any atom is 0.176 e. The van der Waals surface area contributed by atoms with Gasteiger partial charge in [-0.15, -0.1) is 0 Å². The summed E-state index contributed by atoms with van der Waals surface area (Å²) in [4.78, 5) is 0.337. The van der Waals surface area contributed by atoms with Gasteiger partial charge in [0.1, 0.15) is 5.75 Å². The zero-order valence-corrected chi connectivity index (χ0v) is 9.91. The van der Waals surface area contributed by atoms with Crippen molar-refractivity contribution in [2.24, 2.45) is 0 Å². The van der Waals surface area contributed by atoms with E-state index in [1.807, 2.05) is 12.1 Å². The summed E-state index contributed by atoms with van der Waals surface area (Å²) in [6.07, 6.45) is 1.21. The highest BCUT2D eigenvalue weighted by Crippen LogP contribution is 2.29. The van der Waals surface area contributed by atoms with Gasteiger partial charge in [-0.3, -0.25) is 0 Å². The SMILES string of the molecule is COc1cccc2c(S(C)(=O)=O)cccc12. The third-order valence-corrected chi connectivity index (χ3v) is 3.62. The highest BCUT2D eigenvalue weighted by molar-refractivity contribution is 7.91. The maximum absolute atomic E-state index is 11.6. The molecule has 0 bridgehead atoms. The highest BCUT2D eigenvalue weighted by Gasteiger charge is 2.12. The number of fused-ring (bicyclic) bond motifs is 1. The van der Waals surface area contributed by atoms with Crippen molar-refractivity contribution < 1.29 is 13.2 Å². The van der Waals surface area contributed by atoms with E-state index >= 15 is 0 Å². The number of sulfone groups is 1. The number of benzene rings is 2. The summed E-state index contributed by atoms with van der Waals surface area (Å²) in [7, 11) is -1.64. The largest absolute Gasteiger partial charge is 0.496 e. The quantitative estimate of drug-likeness (QED) is 0.803. The number of ether oxygens (including phenoxy) is 1. The monoisotopic (exact) mass is 236 g/mol. The van der Waals surface area contributed by atoms with Crippen molar-refractivity contribution in [2.75, 3.05) is 13.4 Å². The Morgan fingerprint density at radius 3 is 2.25 bits per heavy atom. The van der Waals surface area contributed by atoms with Gasteiger partial charge in [-0.25, -0.2) is 8.42 Å². The molecule has 16 heavy (non-hydrogen) atoms. The zero-order chi connectivity index (χ0) is 11.8. The van der Waals surface area contributed by atoms with Crippen LogP contribution in [0.25, 0.3) is 10.8 Å². The number of hydrogen-bond donors (Lipinski definition) is 0. The van der Waals surface area contributed by atoms with Crippen molar-refractivity contribution in [3.63, 3.8) is 0 Å². The van der Waals surface area contributed by atoms with E-state index in [9.17, 15) is 8.42 Å². The molecular weight excluding hydrogens is 224 g/mol. The Kier molecular flexibility index (Phi) is 2.59. The van der Waals surface area contributed by atoms with Gasteiger partial charge in [0.05, 0.1) is 12.0 Å². The molecule has 0 saturated carbocycles. The molecule has 0 spiro atoms. The van der Waals surface area contributed by atoms with Crippen LogP contribution >= 0.6 is 0 Å². The van der Waals surface area contributed by atoms with E-state index in [2.05, 4.69) is 0 Å². The van der Waals surface area contributed by atoms with Crippen LogP contribution in [0.3, 0.4) is 0 Å². The fourth-order valence-corrected chi connectivity index (χ4v) is 2.66.